The highest BCUT2D eigenvalue weighted by Crippen LogP contribution is 2.28. The molecular formula is C18H21N3O3S2. The Kier molecular flexibility index (Phi) is 5.95. The standard InChI is InChI=1S/C18H21N3O3S2/c1-11-8-14(13(3)21(11)12(2)9-23-4)15(22)10-26-18-20-19-17(24-18)16-6-5-7-25-16/h5-8,12H,9-10H2,1-4H3/t12-/m1/s1. The second kappa shape index (κ2) is 8.20. The van der Waals surface area contributed by atoms with E-state index < -0.39 is 0 Å². The zero-order valence-corrected chi connectivity index (χ0v) is 16.8. The lowest BCUT2D eigenvalue weighted by Gasteiger charge is -2.17. The number of carbonyl (C=O) groups is 1. The number of aromatic nitrogens is 3. The second-order valence-corrected chi connectivity index (χ2v) is 7.90. The maximum atomic E-state index is 12.7. The average Bonchev–Trinajstić information content (AvgIpc) is 3.32. The first-order chi connectivity index (χ1) is 12.5. The maximum Gasteiger partial charge on any atom is 0.277 e. The van der Waals surface area contributed by atoms with Gasteiger partial charge in [0.2, 0.25) is 0 Å². The number of methoxy groups -OCH3 is 1. The van der Waals surface area contributed by atoms with Gasteiger partial charge in [-0.2, -0.15) is 0 Å². The highest BCUT2D eigenvalue weighted by atomic mass is 32.2. The summed E-state index contributed by atoms with van der Waals surface area (Å²) in [5, 5.41) is 10.4. The second-order valence-electron chi connectivity index (χ2n) is 6.02. The molecule has 0 aromatic carbocycles. The van der Waals surface area contributed by atoms with Crippen molar-refractivity contribution in [2.75, 3.05) is 19.5 Å². The van der Waals surface area contributed by atoms with Crippen LogP contribution >= 0.6 is 23.1 Å². The van der Waals surface area contributed by atoms with Gasteiger partial charge in [0.25, 0.3) is 11.1 Å². The van der Waals surface area contributed by atoms with E-state index in [0.717, 1.165) is 21.8 Å². The van der Waals surface area contributed by atoms with Crippen LogP contribution in [-0.2, 0) is 4.74 Å². The van der Waals surface area contributed by atoms with Crippen molar-refractivity contribution in [3.63, 3.8) is 0 Å². The van der Waals surface area contributed by atoms with Crippen LogP contribution in [0.4, 0.5) is 0 Å². The largest absolute Gasteiger partial charge is 0.410 e. The summed E-state index contributed by atoms with van der Waals surface area (Å²) < 4.78 is 13.0. The van der Waals surface area contributed by atoms with Gasteiger partial charge < -0.3 is 13.7 Å². The first-order valence-corrected chi connectivity index (χ1v) is 10.1. The molecule has 0 unspecified atom stereocenters. The molecule has 0 radical (unpaired) electrons. The van der Waals surface area contributed by atoms with Gasteiger partial charge in [0.05, 0.1) is 23.3 Å². The first-order valence-electron chi connectivity index (χ1n) is 8.22. The molecule has 0 amide bonds. The quantitative estimate of drug-likeness (QED) is 0.419. The zero-order valence-electron chi connectivity index (χ0n) is 15.2. The minimum atomic E-state index is 0.0508. The fraction of sp³-hybridized carbons (Fsp3) is 0.389. The fourth-order valence-corrected chi connectivity index (χ4v) is 4.32. The van der Waals surface area contributed by atoms with Gasteiger partial charge in [-0.15, -0.1) is 21.5 Å². The van der Waals surface area contributed by atoms with Crippen LogP contribution in [0.25, 0.3) is 10.8 Å². The SMILES string of the molecule is COC[C@@H](C)n1c(C)cc(C(=O)CSc2nnc(-c3cccs3)o2)c1C. The Labute approximate surface area is 160 Å². The van der Waals surface area contributed by atoms with Gasteiger partial charge >= 0.3 is 0 Å². The lowest BCUT2D eigenvalue weighted by molar-refractivity contribution is 0.102. The Bertz CT molecular complexity index is 884. The van der Waals surface area contributed by atoms with Gasteiger partial charge in [0.1, 0.15) is 0 Å². The molecule has 26 heavy (non-hydrogen) atoms. The summed E-state index contributed by atoms with van der Waals surface area (Å²) in [6, 6.07) is 5.97. The Morgan fingerprint density at radius 3 is 2.92 bits per heavy atom. The molecule has 1 atom stereocenters. The Morgan fingerprint density at radius 1 is 1.42 bits per heavy atom. The van der Waals surface area contributed by atoms with E-state index in [1.165, 1.54) is 23.1 Å². The molecule has 3 rings (SSSR count). The highest BCUT2D eigenvalue weighted by molar-refractivity contribution is 7.99. The molecular weight excluding hydrogens is 370 g/mol. The van der Waals surface area contributed by atoms with Crippen molar-refractivity contribution < 1.29 is 13.9 Å². The number of hydrogen-bond acceptors (Lipinski definition) is 7. The van der Waals surface area contributed by atoms with Crippen LogP contribution in [0.5, 0.6) is 0 Å². The van der Waals surface area contributed by atoms with Gasteiger partial charge in [0.15, 0.2) is 5.78 Å². The van der Waals surface area contributed by atoms with Gasteiger partial charge in [0, 0.05) is 24.1 Å². The number of rotatable bonds is 8. The Hall–Kier alpha value is -1.90. The van der Waals surface area contributed by atoms with Crippen LogP contribution in [0.3, 0.4) is 0 Å². The average molecular weight is 392 g/mol. The summed E-state index contributed by atoms with van der Waals surface area (Å²) in [5.41, 5.74) is 2.75. The van der Waals surface area contributed by atoms with Crippen molar-refractivity contribution in [2.24, 2.45) is 0 Å². The molecule has 3 heterocycles. The van der Waals surface area contributed by atoms with Crippen molar-refractivity contribution in [1.29, 1.82) is 0 Å². The number of hydrogen-bond donors (Lipinski definition) is 0. The number of thioether (sulfide) groups is 1. The van der Waals surface area contributed by atoms with Crippen molar-refractivity contribution >= 4 is 28.9 Å². The minimum Gasteiger partial charge on any atom is -0.410 e. The molecule has 3 aromatic heterocycles. The summed E-state index contributed by atoms with van der Waals surface area (Å²) in [4.78, 5) is 13.6. The van der Waals surface area contributed by atoms with Crippen LogP contribution in [0.1, 0.15) is 34.7 Å². The number of nitrogens with zero attached hydrogens (tertiary/aromatic N) is 3. The van der Waals surface area contributed by atoms with E-state index >= 15 is 0 Å². The summed E-state index contributed by atoms with van der Waals surface area (Å²) in [6.07, 6.45) is 0. The Balaban J connectivity index is 1.68. The third kappa shape index (κ3) is 3.92. The molecule has 8 heteroatoms. The van der Waals surface area contributed by atoms with E-state index in [1.807, 2.05) is 37.4 Å². The number of Topliss-reactive ketones (excluding diaryl/α,β-unsaturated/α-hetero) is 1. The number of thiophene rings is 1. The van der Waals surface area contributed by atoms with E-state index in [0.29, 0.717) is 17.7 Å². The number of carbonyl (C=O) groups excluding carboxylic acids is 1. The summed E-state index contributed by atoms with van der Waals surface area (Å²) in [5.74, 6) is 0.797. The van der Waals surface area contributed by atoms with Crippen molar-refractivity contribution in [3.05, 3.63) is 40.5 Å². The molecule has 0 aliphatic carbocycles. The molecule has 138 valence electrons. The summed E-state index contributed by atoms with van der Waals surface area (Å²) in [7, 11) is 1.68. The third-order valence-electron chi connectivity index (χ3n) is 4.10. The van der Waals surface area contributed by atoms with Crippen LogP contribution in [0.2, 0.25) is 0 Å². The topological polar surface area (TPSA) is 70.2 Å². The molecule has 0 saturated heterocycles. The van der Waals surface area contributed by atoms with Crippen LogP contribution in [0, 0.1) is 13.8 Å². The van der Waals surface area contributed by atoms with E-state index in [-0.39, 0.29) is 17.6 Å². The normalized spacial score (nSPS) is 12.5. The monoisotopic (exact) mass is 391 g/mol. The van der Waals surface area contributed by atoms with Crippen LogP contribution in [0.15, 0.2) is 33.2 Å². The van der Waals surface area contributed by atoms with Crippen molar-refractivity contribution in [3.8, 4) is 10.8 Å². The fourth-order valence-electron chi connectivity index (χ4n) is 3.03. The molecule has 3 aromatic rings. The van der Waals surface area contributed by atoms with Crippen molar-refractivity contribution in [2.45, 2.75) is 32.0 Å². The number of ether oxygens (including phenoxy) is 1. The Morgan fingerprint density at radius 2 is 2.23 bits per heavy atom. The van der Waals surface area contributed by atoms with Crippen LogP contribution < -0.4 is 0 Å². The number of aryl methyl sites for hydroxylation is 1. The predicted octanol–water partition coefficient (Wildman–Crippen LogP) is 4.40. The van der Waals surface area contributed by atoms with E-state index in [2.05, 4.69) is 21.7 Å². The molecule has 6 nitrogen and oxygen atoms in total. The van der Waals surface area contributed by atoms with E-state index in [1.54, 1.807) is 7.11 Å². The highest BCUT2D eigenvalue weighted by Gasteiger charge is 2.20. The summed E-state index contributed by atoms with van der Waals surface area (Å²) >= 11 is 2.80. The smallest absolute Gasteiger partial charge is 0.277 e. The molecule has 0 aliphatic rings. The lowest BCUT2D eigenvalue weighted by atomic mass is 10.2. The first kappa shape index (κ1) is 18.9. The minimum absolute atomic E-state index is 0.0508. The lowest BCUT2D eigenvalue weighted by Crippen LogP contribution is -2.14. The molecule has 0 N–H and O–H groups in total. The number of ketones is 1. The summed E-state index contributed by atoms with van der Waals surface area (Å²) in [6.45, 7) is 6.66. The molecule has 0 fully saturated rings. The predicted molar refractivity (Wildman–Crippen MR) is 103 cm³/mol. The van der Waals surface area contributed by atoms with Gasteiger partial charge in [-0.3, -0.25) is 4.79 Å². The maximum absolute atomic E-state index is 12.7. The third-order valence-corrected chi connectivity index (χ3v) is 5.77. The molecule has 0 bridgehead atoms. The zero-order chi connectivity index (χ0) is 18.7. The molecule has 0 aliphatic heterocycles. The molecule has 0 spiro atoms. The van der Waals surface area contributed by atoms with Gasteiger partial charge in [-0.1, -0.05) is 17.8 Å². The van der Waals surface area contributed by atoms with Gasteiger partial charge in [-0.25, -0.2) is 0 Å². The van der Waals surface area contributed by atoms with Gasteiger partial charge in [-0.05, 0) is 38.3 Å². The van der Waals surface area contributed by atoms with Crippen LogP contribution in [-0.4, -0.2) is 40.0 Å². The van der Waals surface area contributed by atoms with Crippen molar-refractivity contribution in [1.82, 2.24) is 14.8 Å². The van der Waals surface area contributed by atoms with E-state index in [9.17, 15) is 4.79 Å². The van der Waals surface area contributed by atoms with E-state index in [4.69, 9.17) is 9.15 Å². The molecule has 0 saturated carbocycles.